The third-order valence-corrected chi connectivity index (χ3v) is 4.15. The van der Waals surface area contributed by atoms with Crippen LogP contribution in [0.1, 0.15) is 0 Å². The molecule has 2 aromatic carbocycles. The van der Waals surface area contributed by atoms with Crippen LogP contribution in [0, 0.1) is 20.0 Å². The zero-order valence-electron chi connectivity index (χ0n) is 13.7. The quantitative estimate of drug-likeness (QED) is 0.155. The van der Waals surface area contributed by atoms with Gasteiger partial charge in [0.05, 0.1) is 21.1 Å². The second kappa shape index (κ2) is 14.3. The van der Waals surface area contributed by atoms with Crippen LogP contribution in [0.5, 0.6) is 0 Å². The molecule has 0 saturated carbocycles. The number of nitrogens with zero attached hydrogens (tertiary/aromatic N) is 2. The summed E-state index contributed by atoms with van der Waals surface area (Å²) in [6.07, 6.45) is 3.43. The van der Waals surface area contributed by atoms with E-state index in [4.69, 9.17) is 37.2 Å². The molecule has 0 spiro atoms. The summed E-state index contributed by atoms with van der Waals surface area (Å²) in [5.74, 6) is 0. The zero-order chi connectivity index (χ0) is 19.7. The Morgan fingerprint density at radius 1 is 0.643 bits per heavy atom. The molecule has 4 aromatic rings. The molecule has 4 rings (SSSR count). The van der Waals surface area contributed by atoms with Crippen molar-refractivity contribution >= 4 is 55.8 Å². The van der Waals surface area contributed by atoms with E-state index in [0.29, 0.717) is 10.0 Å². The van der Waals surface area contributed by atoms with Gasteiger partial charge in [0.1, 0.15) is 0 Å². The van der Waals surface area contributed by atoms with Crippen molar-refractivity contribution in [3.05, 3.63) is 78.8 Å². The molecule has 0 saturated heterocycles. The Bertz CT molecular complexity index is 1040. The van der Waals surface area contributed by atoms with Crippen molar-refractivity contribution in [1.82, 2.24) is 9.97 Å². The molecule has 0 aliphatic heterocycles. The van der Waals surface area contributed by atoms with E-state index in [-0.39, 0.29) is 34.1 Å². The van der Waals surface area contributed by atoms with E-state index in [1.165, 1.54) is 0 Å². The molecule has 141 valence electrons. The van der Waals surface area contributed by atoms with Crippen LogP contribution >= 0.6 is 23.2 Å². The number of rotatable bonds is 0. The second-order valence-electron chi connectivity index (χ2n) is 4.61. The molecule has 0 unspecified atom stereocenters. The number of aromatic nitrogens is 2. The maximum absolute atomic E-state index is 7.50. The Morgan fingerprint density at radius 3 is 1.36 bits per heavy atom. The summed E-state index contributed by atoms with van der Waals surface area (Å²) in [6.45, 7) is 13.5. The number of hydrogen-bond donors (Lipinski definition) is 0. The first-order valence-corrected chi connectivity index (χ1v) is 7.53. The van der Waals surface area contributed by atoms with Crippen LogP contribution in [0.4, 0.5) is 0 Å². The Morgan fingerprint density at radius 2 is 1.00 bits per heavy atom. The van der Waals surface area contributed by atoms with E-state index in [0.717, 1.165) is 32.6 Å². The molecule has 5 nitrogen and oxygen atoms in total. The van der Waals surface area contributed by atoms with Gasteiger partial charge < -0.3 is 17.0 Å². The Hall–Kier alpha value is -1.68. The molecule has 9 heteroatoms. The van der Waals surface area contributed by atoms with Crippen LogP contribution in [0.2, 0.25) is 10.0 Å². The SMILES string of the molecule is Clc1ccnc2c1ccc1ccc3c(Cl)ccnc3c12.[Br-].[C-]#[O+].[C-]#[O+].[C-]#[O+].[Mn]. The molecule has 0 amide bonds. The van der Waals surface area contributed by atoms with Crippen LogP contribution < -0.4 is 17.0 Å². The van der Waals surface area contributed by atoms with E-state index in [9.17, 15) is 0 Å². The Balaban J connectivity index is 0. The molecular weight excluding hydrogens is 510 g/mol. The number of halogens is 3. The van der Waals surface area contributed by atoms with Gasteiger partial charge in [-0.3, -0.25) is 9.97 Å². The fraction of sp³-hybridized carbons (Fsp3) is 0. The van der Waals surface area contributed by atoms with Gasteiger partial charge in [-0.2, -0.15) is 0 Å². The van der Waals surface area contributed by atoms with Crippen molar-refractivity contribution in [3.8, 4) is 0 Å². The molecular formula is C19H8BrCl2MnN2O3-. The van der Waals surface area contributed by atoms with E-state index < -0.39 is 0 Å². The first-order valence-electron chi connectivity index (χ1n) is 6.77. The van der Waals surface area contributed by atoms with Crippen LogP contribution in [0.25, 0.3) is 32.6 Å². The van der Waals surface area contributed by atoms with Gasteiger partial charge in [0.2, 0.25) is 0 Å². The topological polar surface area (TPSA) is 85.5 Å². The van der Waals surface area contributed by atoms with Crippen molar-refractivity contribution in [1.29, 1.82) is 0 Å². The number of benzene rings is 2. The minimum absolute atomic E-state index is 0. The molecule has 1 radical (unpaired) electrons. The van der Waals surface area contributed by atoms with Crippen molar-refractivity contribution in [2.24, 2.45) is 0 Å². The fourth-order valence-corrected chi connectivity index (χ4v) is 2.99. The van der Waals surface area contributed by atoms with Crippen molar-refractivity contribution in [2.45, 2.75) is 0 Å². The standard InChI is InChI=1S/C16H8Cl2N2.3CO.BrH.Mn/c17-12-5-7-19-15-10(12)3-1-9-2-4-11-13(18)6-8-20-16(11)14(9)15;3*1-2;;/h1-8H;;;;1H;/p-1. The predicted molar refractivity (Wildman–Crippen MR) is 96.4 cm³/mol. The number of fused-ring (bicyclic) bond motifs is 5. The summed E-state index contributed by atoms with van der Waals surface area (Å²) in [5.41, 5.74) is 1.71. The molecule has 28 heavy (non-hydrogen) atoms. The summed E-state index contributed by atoms with van der Waals surface area (Å²) < 4.78 is 22.5. The second-order valence-corrected chi connectivity index (χ2v) is 5.42. The van der Waals surface area contributed by atoms with Gasteiger partial charge in [0.15, 0.2) is 0 Å². The molecule has 2 heterocycles. The van der Waals surface area contributed by atoms with Crippen LogP contribution in [-0.2, 0) is 31.0 Å². The molecule has 2 aromatic heterocycles. The van der Waals surface area contributed by atoms with E-state index in [1.807, 2.05) is 24.3 Å². The molecule has 0 atom stereocenters. The minimum atomic E-state index is 0. The predicted octanol–water partition coefficient (Wildman–Crippen LogP) is 2.13. The van der Waals surface area contributed by atoms with E-state index in [2.05, 4.69) is 29.9 Å². The van der Waals surface area contributed by atoms with Crippen molar-refractivity contribution < 1.29 is 48.0 Å². The van der Waals surface area contributed by atoms with Crippen molar-refractivity contribution in [3.63, 3.8) is 0 Å². The molecule has 0 bridgehead atoms. The van der Waals surface area contributed by atoms with Crippen molar-refractivity contribution in [2.75, 3.05) is 0 Å². The normalized spacial score (nSPS) is 8.43. The van der Waals surface area contributed by atoms with Gasteiger partial charge in [-0.1, -0.05) is 47.5 Å². The first-order chi connectivity index (χ1) is 12.8. The molecule has 0 aliphatic carbocycles. The van der Waals surface area contributed by atoms with Gasteiger partial charge in [-0.05, 0) is 17.5 Å². The molecule has 0 fully saturated rings. The van der Waals surface area contributed by atoms with Gasteiger partial charge in [0.25, 0.3) is 0 Å². The minimum Gasteiger partial charge on any atom is 0 e. The molecule has 0 N–H and O–H groups in total. The Labute approximate surface area is 191 Å². The summed E-state index contributed by atoms with van der Waals surface area (Å²) in [5, 5.41) is 5.30. The number of pyridine rings is 2. The first kappa shape index (κ1) is 28.5. The Kier molecular flexibility index (Phi) is 14.6. The summed E-state index contributed by atoms with van der Waals surface area (Å²) in [6, 6.07) is 11.6. The largest absolute Gasteiger partial charge is 0 e. The van der Waals surface area contributed by atoms with Crippen LogP contribution in [0.3, 0.4) is 0 Å². The van der Waals surface area contributed by atoms with E-state index in [1.54, 1.807) is 24.5 Å². The summed E-state index contributed by atoms with van der Waals surface area (Å²) in [7, 11) is 0. The van der Waals surface area contributed by atoms with Crippen LogP contribution in [0.15, 0.2) is 48.8 Å². The third-order valence-electron chi connectivity index (χ3n) is 3.50. The van der Waals surface area contributed by atoms with Gasteiger partial charge in [-0.25, -0.2) is 0 Å². The summed E-state index contributed by atoms with van der Waals surface area (Å²) >= 11 is 12.5. The smallest absolute Gasteiger partial charge is 0 e. The number of hydrogen-bond acceptors (Lipinski definition) is 2. The maximum atomic E-state index is 7.50. The van der Waals surface area contributed by atoms with Gasteiger partial charge in [-0.15, -0.1) is 0 Å². The fourth-order valence-electron chi connectivity index (χ4n) is 2.57. The van der Waals surface area contributed by atoms with Crippen LogP contribution in [-0.4, -0.2) is 9.97 Å². The average molecular weight is 518 g/mol. The van der Waals surface area contributed by atoms with Gasteiger partial charge in [0, 0.05) is 45.6 Å². The van der Waals surface area contributed by atoms with E-state index >= 15 is 0 Å². The molecule has 0 aliphatic rings. The maximum Gasteiger partial charge on any atom is 0 e. The average Bonchev–Trinajstić information content (AvgIpc) is 2.72. The zero-order valence-corrected chi connectivity index (χ0v) is 18.0. The summed E-state index contributed by atoms with van der Waals surface area (Å²) in [4.78, 5) is 8.96. The monoisotopic (exact) mass is 516 g/mol. The van der Waals surface area contributed by atoms with Gasteiger partial charge >= 0.3 is 33.9 Å². The third kappa shape index (κ3) is 5.66.